The normalized spacial score (nSPS) is 25.1. The molecule has 2 amide bonds. The first-order chi connectivity index (χ1) is 12.0. The monoisotopic (exact) mass is 344 g/mol. The van der Waals surface area contributed by atoms with Gasteiger partial charge in [-0.1, -0.05) is 30.3 Å². The lowest BCUT2D eigenvalue weighted by atomic mass is 9.83. The summed E-state index contributed by atoms with van der Waals surface area (Å²) in [5.74, 6) is -1.31. The number of piperidine rings is 2. The molecule has 1 aromatic rings. The molecule has 0 aliphatic carbocycles. The first-order valence-corrected chi connectivity index (χ1v) is 8.81. The van der Waals surface area contributed by atoms with E-state index in [1.54, 1.807) is 16.8 Å². The van der Waals surface area contributed by atoms with E-state index in [2.05, 4.69) is 0 Å². The van der Waals surface area contributed by atoms with Crippen LogP contribution in [0.4, 0.5) is 0 Å². The quantitative estimate of drug-likeness (QED) is 0.909. The van der Waals surface area contributed by atoms with Gasteiger partial charge in [0.2, 0.25) is 11.8 Å². The molecule has 25 heavy (non-hydrogen) atoms. The number of likely N-dealkylation sites (tertiary alicyclic amines) is 2. The van der Waals surface area contributed by atoms with Crippen LogP contribution in [-0.4, -0.2) is 52.8 Å². The van der Waals surface area contributed by atoms with Crippen LogP contribution in [0.2, 0.25) is 0 Å². The van der Waals surface area contributed by atoms with Gasteiger partial charge in [-0.3, -0.25) is 14.4 Å². The molecule has 2 aliphatic rings. The van der Waals surface area contributed by atoms with Crippen molar-refractivity contribution in [2.24, 2.45) is 11.8 Å². The van der Waals surface area contributed by atoms with E-state index in [9.17, 15) is 14.4 Å². The zero-order valence-electron chi connectivity index (χ0n) is 14.4. The van der Waals surface area contributed by atoms with E-state index >= 15 is 0 Å². The minimum atomic E-state index is -0.780. The van der Waals surface area contributed by atoms with Gasteiger partial charge in [0.15, 0.2) is 0 Å². The Kier molecular flexibility index (Phi) is 5.06. The van der Waals surface area contributed by atoms with E-state index in [-0.39, 0.29) is 29.7 Å². The van der Waals surface area contributed by atoms with Crippen LogP contribution in [0.1, 0.15) is 37.3 Å². The Balaban J connectivity index is 1.78. The van der Waals surface area contributed by atoms with Crippen LogP contribution in [-0.2, 0) is 14.4 Å². The number of carbonyl (C=O) groups excluding carboxylic acids is 2. The lowest BCUT2D eigenvalue weighted by Gasteiger charge is -2.41. The Morgan fingerprint density at radius 2 is 1.72 bits per heavy atom. The largest absolute Gasteiger partial charge is 0.481 e. The van der Waals surface area contributed by atoms with E-state index in [0.717, 1.165) is 5.56 Å². The molecule has 2 saturated heterocycles. The highest BCUT2D eigenvalue weighted by Gasteiger charge is 2.41. The van der Waals surface area contributed by atoms with Crippen molar-refractivity contribution < 1.29 is 19.5 Å². The summed E-state index contributed by atoms with van der Waals surface area (Å²) in [7, 11) is 1.76. The zero-order chi connectivity index (χ0) is 18.0. The molecule has 3 rings (SSSR count). The number of rotatable bonds is 3. The van der Waals surface area contributed by atoms with Crippen molar-refractivity contribution in [2.45, 2.75) is 31.7 Å². The summed E-state index contributed by atoms with van der Waals surface area (Å²) < 4.78 is 0. The van der Waals surface area contributed by atoms with Crippen LogP contribution in [0.25, 0.3) is 0 Å². The Morgan fingerprint density at radius 3 is 2.32 bits per heavy atom. The fourth-order valence-electron chi connectivity index (χ4n) is 3.98. The molecule has 0 radical (unpaired) electrons. The second kappa shape index (κ2) is 7.25. The molecule has 134 valence electrons. The third-order valence-corrected chi connectivity index (χ3v) is 5.48. The number of carboxylic acids is 1. The van der Waals surface area contributed by atoms with Gasteiger partial charge in [0.25, 0.3) is 0 Å². The fraction of sp³-hybridized carbons (Fsp3) is 0.526. The number of aliphatic carboxylic acids is 1. The summed E-state index contributed by atoms with van der Waals surface area (Å²) in [5, 5.41) is 9.12. The van der Waals surface area contributed by atoms with Gasteiger partial charge in [0.1, 0.15) is 0 Å². The van der Waals surface area contributed by atoms with E-state index in [1.165, 1.54) is 0 Å². The van der Waals surface area contributed by atoms with Crippen LogP contribution in [0.5, 0.6) is 0 Å². The number of benzene rings is 1. The van der Waals surface area contributed by atoms with Crippen LogP contribution < -0.4 is 0 Å². The van der Waals surface area contributed by atoms with Gasteiger partial charge in [-0.25, -0.2) is 0 Å². The van der Waals surface area contributed by atoms with Crippen molar-refractivity contribution in [3.63, 3.8) is 0 Å². The third kappa shape index (κ3) is 3.52. The molecule has 0 saturated carbocycles. The number of carboxylic acid groups (broad SMARTS) is 1. The van der Waals surface area contributed by atoms with Gasteiger partial charge >= 0.3 is 5.97 Å². The smallest absolute Gasteiger partial charge is 0.306 e. The highest BCUT2D eigenvalue weighted by molar-refractivity contribution is 5.85. The molecule has 6 nitrogen and oxygen atoms in total. The summed E-state index contributed by atoms with van der Waals surface area (Å²) in [6.07, 6.45) is 1.92. The van der Waals surface area contributed by atoms with Gasteiger partial charge in [-0.15, -0.1) is 0 Å². The summed E-state index contributed by atoms with van der Waals surface area (Å²) >= 11 is 0. The Hall–Kier alpha value is -2.37. The summed E-state index contributed by atoms with van der Waals surface area (Å²) in [6.45, 7) is 0.955. The molecule has 1 N–H and O–H groups in total. The van der Waals surface area contributed by atoms with Crippen molar-refractivity contribution in [1.29, 1.82) is 0 Å². The summed E-state index contributed by atoms with van der Waals surface area (Å²) in [6, 6.07) is 9.41. The maximum absolute atomic E-state index is 13.1. The molecule has 0 aromatic heterocycles. The van der Waals surface area contributed by atoms with E-state index < -0.39 is 5.97 Å². The van der Waals surface area contributed by atoms with Gasteiger partial charge in [-0.05, 0) is 24.8 Å². The minimum Gasteiger partial charge on any atom is -0.481 e. The average Bonchev–Trinajstić information content (AvgIpc) is 2.64. The van der Waals surface area contributed by atoms with E-state index in [1.807, 2.05) is 30.3 Å². The summed E-state index contributed by atoms with van der Waals surface area (Å²) in [4.78, 5) is 39.9. The number of carbonyl (C=O) groups is 3. The Bertz CT molecular complexity index is 653. The molecule has 2 unspecified atom stereocenters. The number of nitrogens with zero attached hydrogens (tertiary/aromatic N) is 2. The predicted octanol–water partition coefficient (Wildman–Crippen LogP) is 1.92. The SMILES string of the molecule is CN1C(=O)CCC(C(=O)N2CCC(C(=O)O)CC2)C1c1ccccc1. The van der Waals surface area contributed by atoms with Crippen LogP contribution >= 0.6 is 0 Å². The molecule has 2 heterocycles. The molecular weight excluding hydrogens is 320 g/mol. The van der Waals surface area contributed by atoms with E-state index in [4.69, 9.17) is 5.11 Å². The van der Waals surface area contributed by atoms with Crippen molar-refractivity contribution >= 4 is 17.8 Å². The first kappa shape index (κ1) is 17.5. The number of hydrogen-bond acceptors (Lipinski definition) is 3. The molecule has 0 spiro atoms. The van der Waals surface area contributed by atoms with Gasteiger partial charge < -0.3 is 14.9 Å². The van der Waals surface area contributed by atoms with Crippen LogP contribution in [0, 0.1) is 11.8 Å². The topological polar surface area (TPSA) is 77.9 Å². The lowest BCUT2D eigenvalue weighted by molar-refractivity contribution is -0.151. The van der Waals surface area contributed by atoms with Gasteiger partial charge in [0.05, 0.1) is 17.9 Å². The molecule has 2 aliphatic heterocycles. The molecular formula is C19H24N2O4. The summed E-state index contributed by atoms with van der Waals surface area (Å²) in [5.41, 5.74) is 0.969. The van der Waals surface area contributed by atoms with Crippen molar-refractivity contribution in [1.82, 2.24) is 9.80 Å². The fourth-order valence-corrected chi connectivity index (χ4v) is 3.98. The van der Waals surface area contributed by atoms with Gasteiger partial charge in [-0.2, -0.15) is 0 Å². The average molecular weight is 344 g/mol. The van der Waals surface area contributed by atoms with Crippen LogP contribution in [0.3, 0.4) is 0 Å². The van der Waals surface area contributed by atoms with Crippen molar-refractivity contribution in [2.75, 3.05) is 20.1 Å². The van der Waals surface area contributed by atoms with Gasteiger partial charge in [0, 0.05) is 26.6 Å². The van der Waals surface area contributed by atoms with Crippen molar-refractivity contribution in [3.05, 3.63) is 35.9 Å². The molecule has 2 atom stereocenters. The highest BCUT2D eigenvalue weighted by Crippen LogP contribution is 2.37. The Morgan fingerprint density at radius 1 is 1.08 bits per heavy atom. The maximum Gasteiger partial charge on any atom is 0.306 e. The lowest BCUT2D eigenvalue weighted by Crippen LogP contribution is -2.49. The van der Waals surface area contributed by atoms with Crippen LogP contribution in [0.15, 0.2) is 30.3 Å². The number of hydrogen-bond donors (Lipinski definition) is 1. The second-order valence-electron chi connectivity index (χ2n) is 6.94. The minimum absolute atomic E-state index is 0.0389. The first-order valence-electron chi connectivity index (χ1n) is 8.81. The van der Waals surface area contributed by atoms with Crippen molar-refractivity contribution in [3.8, 4) is 0 Å². The standard InChI is InChI=1S/C19H24N2O4/c1-20-16(22)8-7-15(17(20)13-5-3-2-4-6-13)18(23)21-11-9-14(10-12-21)19(24)25/h2-6,14-15,17H,7-12H2,1H3,(H,24,25). The molecule has 0 bridgehead atoms. The van der Waals surface area contributed by atoms with E-state index in [0.29, 0.717) is 38.8 Å². The molecule has 1 aromatic carbocycles. The molecule has 2 fully saturated rings. The Labute approximate surface area is 147 Å². The predicted molar refractivity (Wildman–Crippen MR) is 91.6 cm³/mol. The zero-order valence-corrected chi connectivity index (χ0v) is 14.4. The third-order valence-electron chi connectivity index (χ3n) is 5.48. The number of amides is 2. The second-order valence-corrected chi connectivity index (χ2v) is 6.94. The molecule has 6 heteroatoms. The maximum atomic E-state index is 13.1. The highest BCUT2D eigenvalue weighted by atomic mass is 16.4.